The van der Waals surface area contributed by atoms with Gasteiger partial charge in [-0.3, -0.25) is 9.59 Å². The summed E-state index contributed by atoms with van der Waals surface area (Å²) in [5.41, 5.74) is 0.0457. The van der Waals surface area contributed by atoms with Crippen LogP contribution in [0.1, 0.15) is 23.2 Å². The number of urea groups is 1. The summed E-state index contributed by atoms with van der Waals surface area (Å²) in [4.78, 5) is 38.0. The van der Waals surface area contributed by atoms with E-state index < -0.39 is 18.5 Å². The van der Waals surface area contributed by atoms with Gasteiger partial charge in [0, 0.05) is 39.1 Å². The van der Waals surface area contributed by atoms with Gasteiger partial charge in [-0.25, -0.2) is 4.79 Å². The first kappa shape index (κ1) is 20.4. The molecule has 10 heteroatoms. The van der Waals surface area contributed by atoms with Crippen molar-refractivity contribution in [2.45, 2.75) is 19.5 Å². The minimum Gasteiger partial charge on any atom is -0.481 e. The molecule has 2 rings (SSSR count). The van der Waals surface area contributed by atoms with Crippen LogP contribution in [-0.4, -0.2) is 72.1 Å². The molecule has 0 unspecified atom stereocenters. The quantitative estimate of drug-likeness (QED) is 0.695. The third kappa shape index (κ3) is 6.08. The number of hydrogen-bond donors (Lipinski definition) is 2. The predicted molar refractivity (Wildman–Crippen MR) is 90.8 cm³/mol. The lowest BCUT2D eigenvalue weighted by Crippen LogP contribution is -2.53. The van der Waals surface area contributed by atoms with Gasteiger partial charge in [-0.1, -0.05) is 12.1 Å². The monoisotopic (exact) mass is 385 g/mol. The molecule has 0 saturated carbocycles. The van der Waals surface area contributed by atoms with Crippen LogP contribution < -0.4 is 10.1 Å². The smallest absolute Gasteiger partial charge is 0.387 e. The van der Waals surface area contributed by atoms with Crippen molar-refractivity contribution in [1.82, 2.24) is 15.1 Å². The lowest BCUT2D eigenvalue weighted by atomic mass is 10.1. The summed E-state index contributed by atoms with van der Waals surface area (Å²) in [7, 11) is 0. The van der Waals surface area contributed by atoms with E-state index in [1.807, 2.05) is 0 Å². The van der Waals surface area contributed by atoms with E-state index in [4.69, 9.17) is 5.11 Å². The average Bonchev–Trinajstić information content (AvgIpc) is 2.64. The van der Waals surface area contributed by atoms with Crippen molar-refractivity contribution < 1.29 is 33.0 Å². The molecule has 0 aliphatic carbocycles. The van der Waals surface area contributed by atoms with E-state index in [-0.39, 0.29) is 56.5 Å². The van der Waals surface area contributed by atoms with Crippen LogP contribution in [0.15, 0.2) is 24.3 Å². The zero-order valence-corrected chi connectivity index (χ0v) is 14.6. The van der Waals surface area contributed by atoms with Crippen molar-refractivity contribution in [2.24, 2.45) is 0 Å². The minimum atomic E-state index is -3.03. The number of carboxylic acid groups (broad SMARTS) is 1. The second-order valence-electron chi connectivity index (χ2n) is 5.88. The van der Waals surface area contributed by atoms with Crippen LogP contribution in [0.25, 0.3) is 0 Å². The van der Waals surface area contributed by atoms with Crippen molar-refractivity contribution in [3.8, 4) is 5.75 Å². The van der Waals surface area contributed by atoms with Crippen molar-refractivity contribution >= 4 is 17.9 Å². The SMILES string of the molecule is O=C(O)CCCNC(=O)N1CCN(C(=O)c2ccccc2OC(F)F)CC1. The highest BCUT2D eigenvalue weighted by atomic mass is 19.3. The van der Waals surface area contributed by atoms with Crippen molar-refractivity contribution in [3.05, 3.63) is 29.8 Å². The Hall–Kier alpha value is -2.91. The fraction of sp³-hybridized carbons (Fsp3) is 0.471. The van der Waals surface area contributed by atoms with Crippen molar-refractivity contribution in [3.63, 3.8) is 0 Å². The highest BCUT2D eigenvalue weighted by Crippen LogP contribution is 2.22. The van der Waals surface area contributed by atoms with Crippen molar-refractivity contribution in [2.75, 3.05) is 32.7 Å². The average molecular weight is 385 g/mol. The molecule has 0 spiro atoms. The molecule has 0 radical (unpaired) electrons. The number of aliphatic carboxylic acids is 1. The maximum absolute atomic E-state index is 12.6. The molecular formula is C17H21F2N3O5. The standard InChI is InChI=1S/C17H21F2N3O5/c18-16(19)27-13-5-2-1-4-12(13)15(25)21-8-10-22(11-9-21)17(26)20-7-3-6-14(23)24/h1-2,4-5,16H,3,6-11H2,(H,20,26)(H,23,24). The van der Waals surface area contributed by atoms with Crippen LogP contribution in [0.3, 0.4) is 0 Å². The van der Waals surface area contributed by atoms with Crippen LogP contribution >= 0.6 is 0 Å². The topological polar surface area (TPSA) is 99.2 Å². The summed E-state index contributed by atoms with van der Waals surface area (Å²) in [5, 5.41) is 11.2. The van der Waals surface area contributed by atoms with E-state index in [1.165, 1.54) is 28.0 Å². The van der Waals surface area contributed by atoms with Gasteiger partial charge < -0.3 is 25.0 Å². The van der Waals surface area contributed by atoms with Crippen LogP contribution in [0, 0.1) is 0 Å². The second-order valence-corrected chi connectivity index (χ2v) is 5.88. The zero-order chi connectivity index (χ0) is 19.8. The molecule has 0 atom stereocenters. The van der Waals surface area contributed by atoms with Crippen molar-refractivity contribution in [1.29, 1.82) is 0 Å². The molecule has 8 nitrogen and oxygen atoms in total. The number of halogens is 2. The molecular weight excluding hydrogens is 364 g/mol. The molecule has 148 valence electrons. The number of carbonyl (C=O) groups is 3. The molecule has 1 aliphatic rings. The maximum atomic E-state index is 12.6. The van der Waals surface area contributed by atoms with Gasteiger partial charge >= 0.3 is 18.6 Å². The number of carboxylic acids is 1. The number of rotatable bonds is 7. The summed E-state index contributed by atoms with van der Waals surface area (Å²) < 4.78 is 29.4. The molecule has 3 amide bonds. The minimum absolute atomic E-state index is 0.0251. The van der Waals surface area contributed by atoms with E-state index >= 15 is 0 Å². The lowest BCUT2D eigenvalue weighted by Gasteiger charge is -2.35. The maximum Gasteiger partial charge on any atom is 0.387 e. The van der Waals surface area contributed by atoms with Crippen LogP contribution in [0.2, 0.25) is 0 Å². The Morgan fingerprint density at radius 2 is 1.74 bits per heavy atom. The Balaban J connectivity index is 1.86. The highest BCUT2D eigenvalue weighted by Gasteiger charge is 2.26. The number of benzene rings is 1. The molecule has 0 bridgehead atoms. The molecule has 1 aromatic rings. The number of amides is 3. The van der Waals surface area contributed by atoms with Gasteiger partial charge in [0.1, 0.15) is 5.75 Å². The molecule has 1 heterocycles. The first-order chi connectivity index (χ1) is 12.9. The summed E-state index contributed by atoms with van der Waals surface area (Å²) in [6.07, 6.45) is 0.309. The lowest BCUT2D eigenvalue weighted by molar-refractivity contribution is -0.137. The van der Waals surface area contributed by atoms with Gasteiger partial charge in [0.2, 0.25) is 0 Å². The summed E-state index contributed by atoms with van der Waals surface area (Å²) >= 11 is 0. The number of carbonyl (C=O) groups excluding carboxylic acids is 2. The summed E-state index contributed by atoms with van der Waals surface area (Å²) in [6, 6.07) is 5.46. The van der Waals surface area contributed by atoms with E-state index in [9.17, 15) is 23.2 Å². The number of nitrogens with one attached hydrogen (secondary N) is 1. The molecule has 1 saturated heterocycles. The van der Waals surface area contributed by atoms with Gasteiger partial charge in [-0.2, -0.15) is 8.78 Å². The third-order valence-corrected chi connectivity index (χ3v) is 4.03. The fourth-order valence-electron chi connectivity index (χ4n) is 2.67. The van der Waals surface area contributed by atoms with E-state index in [0.29, 0.717) is 6.42 Å². The van der Waals surface area contributed by atoms with E-state index in [2.05, 4.69) is 10.1 Å². The van der Waals surface area contributed by atoms with Gasteiger partial charge in [0.25, 0.3) is 5.91 Å². The molecule has 1 aliphatic heterocycles. The third-order valence-electron chi connectivity index (χ3n) is 4.03. The summed E-state index contributed by atoms with van der Waals surface area (Å²) in [6.45, 7) is -1.69. The fourth-order valence-corrected chi connectivity index (χ4v) is 2.67. The first-order valence-corrected chi connectivity index (χ1v) is 8.46. The van der Waals surface area contributed by atoms with Gasteiger partial charge in [0.15, 0.2) is 0 Å². The number of alkyl halides is 2. The normalized spacial score (nSPS) is 14.2. The number of piperazine rings is 1. The molecule has 1 aromatic carbocycles. The van der Waals surface area contributed by atoms with Crippen LogP contribution in [0.5, 0.6) is 5.75 Å². The number of para-hydroxylation sites is 1. The Morgan fingerprint density at radius 1 is 1.11 bits per heavy atom. The van der Waals surface area contributed by atoms with Gasteiger partial charge in [-0.05, 0) is 18.6 Å². The Kier molecular flexibility index (Phi) is 7.33. The zero-order valence-electron chi connectivity index (χ0n) is 14.6. The van der Waals surface area contributed by atoms with E-state index in [0.717, 1.165) is 0 Å². The first-order valence-electron chi connectivity index (χ1n) is 8.46. The molecule has 27 heavy (non-hydrogen) atoms. The van der Waals surface area contributed by atoms with Crippen LogP contribution in [-0.2, 0) is 4.79 Å². The summed E-state index contributed by atoms with van der Waals surface area (Å²) in [5.74, 6) is -1.55. The number of nitrogens with zero attached hydrogens (tertiary/aromatic N) is 2. The highest BCUT2D eigenvalue weighted by molar-refractivity contribution is 5.97. The molecule has 1 fully saturated rings. The molecule has 0 aromatic heterocycles. The number of hydrogen-bond acceptors (Lipinski definition) is 4. The molecule has 2 N–H and O–H groups in total. The Morgan fingerprint density at radius 3 is 2.37 bits per heavy atom. The van der Waals surface area contributed by atoms with E-state index in [1.54, 1.807) is 6.07 Å². The Bertz CT molecular complexity index is 678. The Labute approximate surface area is 154 Å². The van der Waals surface area contributed by atoms with Gasteiger partial charge in [-0.15, -0.1) is 0 Å². The largest absolute Gasteiger partial charge is 0.481 e. The van der Waals surface area contributed by atoms with Crippen LogP contribution in [0.4, 0.5) is 13.6 Å². The van der Waals surface area contributed by atoms with Gasteiger partial charge in [0.05, 0.1) is 5.56 Å². The predicted octanol–water partition coefficient (Wildman–Crippen LogP) is 1.62. The number of ether oxygens (including phenoxy) is 1. The second kappa shape index (κ2) is 9.70.